The highest BCUT2D eigenvalue weighted by Crippen LogP contribution is 2.11. The molecule has 17 heavy (non-hydrogen) atoms. The molecule has 1 aromatic heterocycles. The molecular formula is C10H15N3O3S. The summed E-state index contributed by atoms with van der Waals surface area (Å²) in [5.74, 6) is -0.381. The number of hydrogen-bond acceptors (Lipinski definition) is 5. The Hall–Kier alpha value is -1.63. The Bertz CT molecular complexity index is 513. The summed E-state index contributed by atoms with van der Waals surface area (Å²) in [7, 11) is -1.55. The minimum atomic E-state index is -3.08. The van der Waals surface area contributed by atoms with E-state index in [1.54, 1.807) is 0 Å². The third-order valence-corrected chi connectivity index (χ3v) is 3.15. The fraction of sp³-hybridized carbons (Fsp3) is 0.400. The first-order valence-electron chi connectivity index (χ1n) is 4.94. The van der Waals surface area contributed by atoms with Crippen molar-refractivity contribution in [3.63, 3.8) is 0 Å². The molecule has 1 aromatic rings. The second-order valence-corrected chi connectivity index (χ2v) is 6.08. The van der Waals surface area contributed by atoms with Crippen LogP contribution in [0.2, 0.25) is 0 Å². The Morgan fingerprint density at radius 2 is 2.18 bits per heavy atom. The molecule has 0 aliphatic heterocycles. The quantitative estimate of drug-likeness (QED) is 0.805. The standard InChI is InChI=1S/C10H15N3O3S/c1-13(5-6-17(2,15)16)10(14)8-3-4-12-7-9(8)11/h3-4,7H,5-6,11H2,1-2H3. The highest BCUT2D eigenvalue weighted by molar-refractivity contribution is 7.90. The van der Waals surface area contributed by atoms with E-state index < -0.39 is 9.84 Å². The number of nitrogens with two attached hydrogens (primary N) is 1. The Kier molecular flexibility index (Phi) is 4.06. The van der Waals surface area contributed by atoms with Crippen LogP contribution in [0, 0.1) is 0 Å². The Morgan fingerprint density at radius 3 is 2.71 bits per heavy atom. The smallest absolute Gasteiger partial charge is 0.255 e. The van der Waals surface area contributed by atoms with Crippen LogP contribution in [0.3, 0.4) is 0 Å². The average Bonchev–Trinajstić information content (AvgIpc) is 2.24. The number of carbonyl (C=O) groups excluding carboxylic acids is 1. The van der Waals surface area contributed by atoms with Crippen LogP contribution in [0.4, 0.5) is 5.69 Å². The molecule has 0 bridgehead atoms. The van der Waals surface area contributed by atoms with Crippen LogP contribution in [0.15, 0.2) is 18.5 Å². The summed E-state index contributed by atoms with van der Waals surface area (Å²) in [6.45, 7) is 0.138. The SMILES string of the molecule is CN(CCS(C)(=O)=O)C(=O)c1ccncc1N. The zero-order chi connectivity index (χ0) is 13.1. The predicted octanol–water partition coefficient (Wildman–Crippen LogP) is -0.220. The van der Waals surface area contributed by atoms with Crippen LogP contribution in [-0.2, 0) is 9.84 Å². The first-order valence-corrected chi connectivity index (χ1v) is 7.00. The molecule has 0 saturated heterocycles. The summed E-state index contributed by atoms with van der Waals surface area (Å²) in [6.07, 6.45) is 3.98. The normalized spacial score (nSPS) is 11.2. The van der Waals surface area contributed by atoms with E-state index in [0.29, 0.717) is 5.56 Å². The van der Waals surface area contributed by atoms with E-state index in [-0.39, 0.29) is 23.9 Å². The van der Waals surface area contributed by atoms with E-state index in [4.69, 9.17) is 5.73 Å². The predicted molar refractivity (Wildman–Crippen MR) is 65.3 cm³/mol. The Balaban J connectivity index is 2.74. The van der Waals surface area contributed by atoms with E-state index in [0.717, 1.165) is 6.26 Å². The van der Waals surface area contributed by atoms with Gasteiger partial charge in [-0.05, 0) is 6.07 Å². The molecule has 7 heteroatoms. The Labute approximate surface area is 100 Å². The van der Waals surface area contributed by atoms with Gasteiger partial charge in [-0.2, -0.15) is 0 Å². The molecule has 1 heterocycles. The highest BCUT2D eigenvalue weighted by Gasteiger charge is 2.15. The molecule has 0 unspecified atom stereocenters. The fourth-order valence-corrected chi connectivity index (χ4v) is 1.82. The minimum Gasteiger partial charge on any atom is -0.397 e. The minimum absolute atomic E-state index is 0.0692. The van der Waals surface area contributed by atoms with E-state index in [2.05, 4.69) is 4.98 Å². The van der Waals surface area contributed by atoms with Crippen molar-refractivity contribution < 1.29 is 13.2 Å². The van der Waals surface area contributed by atoms with Crippen molar-refractivity contribution in [1.29, 1.82) is 0 Å². The number of anilines is 1. The van der Waals surface area contributed by atoms with Crippen molar-refractivity contribution in [3.05, 3.63) is 24.0 Å². The highest BCUT2D eigenvalue weighted by atomic mass is 32.2. The number of rotatable bonds is 4. The molecule has 0 spiro atoms. The zero-order valence-electron chi connectivity index (χ0n) is 9.75. The van der Waals surface area contributed by atoms with E-state index in [1.165, 1.54) is 30.4 Å². The van der Waals surface area contributed by atoms with Crippen LogP contribution in [-0.4, -0.2) is 49.8 Å². The number of sulfone groups is 1. The lowest BCUT2D eigenvalue weighted by molar-refractivity contribution is 0.0804. The summed E-state index contributed by atoms with van der Waals surface area (Å²) in [5, 5.41) is 0. The van der Waals surface area contributed by atoms with Gasteiger partial charge in [0.05, 0.1) is 23.2 Å². The van der Waals surface area contributed by atoms with Crippen molar-refractivity contribution in [2.75, 3.05) is 31.3 Å². The molecule has 0 aliphatic rings. The molecule has 0 saturated carbocycles. The van der Waals surface area contributed by atoms with Gasteiger partial charge in [-0.1, -0.05) is 0 Å². The molecule has 2 N–H and O–H groups in total. The maximum Gasteiger partial charge on any atom is 0.255 e. The number of pyridine rings is 1. The molecule has 0 aliphatic carbocycles. The molecule has 0 fully saturated rings. The largest absolute Gasteiger partial charge is 0.397 e. The number of nitrogens with zero attached hydrogens (tertiary/aromatic N) is 2. The zero-order valence-corrected chi connectivity index (χ0v) is 10.6. The second kappa shape index (κ2) is 5.13. The Morgan fingerprint density at radius 1 is 1.53 bits per heavy atom. The van der Waals surface area contributed by atoms with Crippen LogP contribution in [0.25, 0.3) is 0 Å². The molecule has 94 valence electrons. The first kappa shape index (κ1) is 13.4. The molecule has 1 amide bonds. The van der Waals surface area contributed by atoms with Gasteiger partial charge in [0.1, 0.15) is 9.84 Å². The second-order valence-electron chi connectivity index (χ2n) is 3.82. The van der Waals surface area contributed by atoms with Crippen molar-refractivity contribution in [2.24, 2.45) is 0 Å². The van der Waals surface area contributed by atoms with E-state index in [9.17, 15) is 13.2 Å². The van der Waals surface area contributed by atoms with Gasteiger partial charge < -0.3 is 10.6 Å². The molecule has 0 atom stereocenters. The van der Waals surface area contributed by atoms with Gasteiger partial charge in [0, 0.05) is 26.0 Å². The summed E-state index contributed by atoms with van der Waals surface area (Å²) < 4.78 is 22.0. The number of nitrogen functional groups attached to an aromatic ring is 1. The molecular weight excluding hydrogens is 242 g/mol. The number of aromatic nitrogens is 1. The lowest BCUT2D eigenvalue weighted by atomic mass is 10.2. The monoisotopic (exact) mass is 257 g/mol. The topological polar surface area (TPSA) is 93.4 Å². The summed E-state index contributed by atoms with van der Waals surface area (Å²) in [5.41, 5.74) is 6.22. The number of carbonyl (C=O) groups is 1. The summed E-state index contributed by atoms with van der Waals surface area (Å²) in [6, 6.07) is 1.51. The van der Waals surface area contributed by atoms with Crippen molar-refractivity contribution >= 4 is 21.4 Å². The van der Waals surface area contributed by atoms with Crippen molar-refractivity contribution in [3.8, 4) is 0 Å². The van der Waals surface area contributed by atoms with E-state index in [1.807, 2.05) is 0 Å². The van der Waals surface area contributed by atoms with Gasteiger partial charge in [0.2, 0.25) is 0 Å². The number of hydrogen-bond donors (Lipinski definition) is 1. The maximum absolute atomic E-state index is 11.9. The fourth-order valence-electron chi connectivity index (χ4n) is 1.21. The molecule has 0 aromatic carbocycles. The van der Waals surface area contributed by atoms with Gasteiger partial charge in [0.25, 0.3) is 5.91 Å². The lowest BCUT2D eigenvalue weighted by Crippen LogP contribution is -2.31. The van der Waals surface area contributed by atoms with Gasteiger partial charge >= 0.3 is 0 Å². The van der Waals surface area contributed by atoms with Gasteiger partial charge in [-0.3, -0.25) is 9.78 Å². The van der Waals surface area contributed by atoms with Crippen molar-refractivity contribution in [2.45, 2.75) is 0 Å². The van der Waals surface area contributed by atoms with Crippen LogP contribution in [0.1, 0.15) is 10.4 Å². The first-order chi connectivity index (χ1) is 7.81. The summed E-state index contributed by atoms with van der Waals surface area (Å²) in [4.78, 5) is 17.0. The number of amides is 1. The molecule has 1 rings (SSSR count). The van der Waals surface area contributed by atoms with Crippen LogP contribution < -0.4 is 5.73 Å². The third-order valence-electron chi connectivity index (χ3n) is 2.23. The van der Waals surface area contributed by atoms with Crippen molar-refractivity contribution in [1.82, 2.24) is 9.88 Å². The summed E-state index contributed by atoms with van der Waals surface area (Å²) >= 11 is 0. The maximum atomic E-state index is 11.9. The molecule has 6 nitrogen and oxygen atoms in total. The molecule has 0 radical (unpaired) electrons. The van der Waals surface area contributed by atoms with Gasteiger partial charge in [-0.25, -0.2) is 8.42 Å². The lowest BCUT2D eigenvalue weighted by Gasteiger charge is -2.17. The van der Waals surface area contributed by atoms with E-state index >= 15 is 0 Å². The van der Waals surface area contributed by atoms with Crippen LogP contribution in [0.5, 0.6) is 0 Å². The average molecular weight is 257 g/mol. The van der Waals surface area contributed by atoms with Gasteiger partial charge in [-0.15, -0.1) is 0 Å². The van der Waals surface area contributed by atoms with Crippen LogP contribution >= 0.6 is 0 Å². The van der Waals surface area contributed by atoms with Gasteiger partial charge in [0.15, 0.2) is 0 Å². The third kappa shape index (κ3) is 4.03.